The summed E-state index contributed by atoms with van der Waals surface area (Å²) in [7, 11) is 0. The topological polar surface area (TPSA) is 54.5 Å². The van der Waals surface area contributed by atoms with E-state index < -0.39 is 0 Å². The van der Waals surface area contributed by atoms with Gasteiger partial charge in [0.25, 0.3) is 0 Å². The van der Waals surface area contributed by atoms with Gasteiger partial charge >= 0.3 is 0 Å². The molecule has 5 rings (SSSR count). The van der Waals surface area contributed by atoms with E-state index in [2.05, 4.69) is 65.0 Å². The molecule has 1 aliphatic rings. The van der Waals surface area contributed by atoms with E-state index in [1.54, 1.807) is 12.3 Å². The lowest BCUT2D eigenvalue weighted by Crippen LogP contribution is -2.06. The van der Waals surface area contributed by atoms with Crippen LogP contribution in [-0.2, 0) is 25.8 Å². The van der Waals surface area contributed by atoms with Crippen LogP contribution in [0.3, 0.4) is 0 Å². The van der Waals surface area contributed by atoms with Gasteiger partial charge in [-0.15, -0.1) is 0 Å². The molecule has 0 radical (unpaired) electrons. The molecule has 4 aromatic rings. The predicted molar refractivity (Wildman–Crippen MR) is 129 cm³/mol. The zero-order valence-electron chi connectivity index (χ0n) is 18.2. The lowest BCUT2D eigenvalue weighted by atomic mass is 9.90. The van der Waals surface area contributed by atoms with Gasteiger partial charge in [0.15, 0.2) is 5.65 Å². The third-order valence-electron chi connectivity index (χ3n) is 6.25. The van der Waals surface area contributed by atoms with E-state index in [1.807, 2.05) is 6.92 Å². The summed E-state index contributed by atoms with van der Waals surface area (Å²) in [5.41, 5.74) is 9.47. The van der Waals surface area contributed by atoms with Crippen LogP contribution in [0, 0.1) is 11.3 Å². The van der Waals surface area contributed by atoms with Crippen molar-refractivity contribution in [2.24, 2.45) is 0 Å². The summed E-state index contributed by atoms with van der Waals surface area (Å²) in [5.74, 6) is 0.976. The molecule has 2 heterocycles. The first kappa shape index (κ1) is 20.5. The highest BCUT2D eigenvalue weighted by Gasteiger charge is 2.21. The Morgan fingerprint density at radius 3 is 2.69 bits per heavy atom. The van der Waals surface area contributed by atoms with Gasteiger partial charge in [-0.3, -0.25) is 0 Å². The number of pyridine rings is 1. The highest BCUT2D eigenvalue weighted by molar-refractivity contribution is 6.34. The summed E-state index contributed by atoms with van der Waals surface area (Å²) in [4.78, 5) is 9.28. The zero-order valence-corrected chi connectivity index (χ0v) is 18.9. The van der Waals surface area contributed by atoms with E-state index in [0.29, 0.717) is 11.6 Å². The summed E-state index contributed by atoms with van der Waals surface area (Å²) in [6, 6.07) is 19.2. The molecule has 0 spiro atoms. The van der Waals surface area contributed by atoms with Crippen LogP contribution < -0.4 is 0 Å². The first-order chi connectivity index (χ1) is 15.6. The number of hydrogen-bond donors (Lipinski definition) is 0. The molecule has 4 nitrogen and oxygen atoms in total. The molecular weight excluding hydrogens is 416 g/mol. The number of nitriles is 1. The van der Waals surface area contributed by atoms with E-state index in [1.165, 1.54) is 22.3 Å². The number of benzene rings is 2. The maximum absolute atomic E-state index is 9.70. The molecule has 2 aromatic heterocycles. The van der Waals surface area contributed by atoms with Crippen molar-refractivity contribution in [2.75, 3.05) is 0 Å². The number of halogens is 1. The second-order valence-corrected chi connectivity index (χ2v) is 8.60. The summed E-state index contributed by atoms with van der Waals surface area (Å²) in [6.45, 7) is 4.70. The maximum Gasteiger partial charge on any atom is 0.161 e. The summed E-state index contributed by atoms with van der Waals surface area (Å²) >= 11 is 6.37. The van der Waals surface area contributed by atoms with Crippen molar-refractivity contribution in [1.29, 1.82) is 5.26 Å². The first-order valence-electron chi connectivity index (χ1n) is 10.9. The SMILES string of the molecule is CCc1nc2c(Cl)ccnc2n1Cc1ccc2c(c1)CCc1ccccc1C2=C(C)C#N. The Morgan fingerprint density at radius 2 is 1.88 bits per heavy atom. The van der Waals surface area contributed by atoms with E-state index in [-0.39, 0.29) is 0 Å². The Hall–Kier alpha value is -3.42. The lowest BCUT2D eigenvalue weighted by molar-refractivity contribution is 0.745. The minimum Gasteiger partial charge on any atom is -0.308 e. The lowest BCUT2D eigenvalue weighted by Gasteiger charge is -2.15. The van der Waals surface area contributed by atoms with Gasteiger partial charge in [0.1, 0.15) is 11.3 Å². The van der Waals surface area contributed by atoms with Gasteiger partial charge in [-0.2, -0.15) is 5.26 Å². The normalized spacial score (nSPS) is 14.4. The summed E-state index contributed by atoms with van der Waals surface area (Å²) < 4.78 is 2.16. The number of imidazole rings is 1. The van der Waals surface area contributed by atoms with Crippen LogP contribution in [-0.4, -0.2) is 14.5 Å². The molecule has 0 atom stereocenters. The monoisotopic (exact) mass is 438 g/mol. The molecule has 1 aliphatic carbocycles. The molecule has 0 bridgehead atoms. The zero-order chi connectivity index (χ0) is 22.2. The maximum atomic E-state index is 9.70. The first-order valence-corrected chi connectivity index (χ1v) is 11.3. The van der Waals surface area contributed by atoms with Crippen molar-refractivity contribution >= 4 is 28.3 Å². The third-order valence-corrected chi connectivity index (χ3v) is 6.56. The number of rotatable bonds is 3. The summed E-state index contributed by atoms with van der Waals surface area (Å²) in [5, 5.41) is 10.3. The number of nitrogens with zero attached hydrogens (tertiary/aromatic N) is 4. The minimum atomic E-state index is 0.630. The molecular formula is C27H23ClN4. The van der Waals surface area contributed by atoms with Crippen molar-refractivity contribution in [3.63, 3.8) is 0 Å². The van der Waals surface area contributed by atoms with Crippen LogP contribution in [0.25, 0.3) is 16.7 Å². The second kappa shape index (κ2) is 8.26. The average Bonchev–Trinajstić information content (AvgIpc) is 3.09. The molecule has 0 saturated carbocycles. The Labute approximate surface area is 192 Å². The van der Waals surface area contributed by atoms with Gasteiger partial charge in [0.2, 0.25) is 0 Å². The summed E-state index contributed by atoms with van der Waals surface area (Å²) in [6.07, 6.45) is 4.44. The number of fused-ring (bicyclic) bond motifs is 3. The van der Waals surface area contributed by atoms with Crippen molar-refractivity contribution in [3.8, 4) is 6.07 Å². The molecule has 32 heavy (non-hydrogen) atoms. The fourth-order valence-electron chi connectivity index (χ4n) is 4.70. The molecule has 0 unspecified atom stereocenters. The van der Waals surface area contributed by atoms with Crippen molar-refractivity contribution in [2.45, 2.75) is 39.7 Å². The number of aromatic nitrogens is 3. The molecule has 0 amide bonds. The standard InChI is InChI=1S/C27H23ClN4/c1-3-24-31-26-23(28)12-13-30-27(26)32(24)16-18-8-11-22-20(14-18)10-9-19-6-4-5-7-21(19)25(22)17(2)15-29/h4-8,11-14H,3,9-10,16H2,1-2H3. The Balaban J connectivity index is 1.61. The van der Waals surface area contributed by atoms with Gasteiger partial charge < -0.3 is 4.57 Å². The Morgan fingerprint density at radius 1 is 1.09 bits per heavy atom. The highest BCUT2D eigenvalue weighted by atomic mass is 35.5. The smallest absolute Gasteiger partial charge is 0.161 e. The van der Waals surface area contributed by atoms with E-state index in [9.17, 15) is 5.26 Å². The van der Waals surface area contributed by atoms with Crippen LogP contribution in [0.1, 0.15) is 47.5 Å². The van der Waals surface area contributed by atoms with Gasteiger partial charge in [0, 0.05) is 23.8 Å². The fraction of sp³-hybridized carbons (Fsp3) is 0.222. The van der Waals surface area contributed by atoms with Crippen molar-refractivity contribution < 1.29 is 0 Å². The molecule has 0 fully saturated rings. The van der Waals surface area contributed by atoms with Gasteiger partial charge in [-0.1, -0.05) is 61.0 Å². The van der Waals surface area contributed by atoms with E-state index in [0.717, 1.165) is 53.0 Å². The third kappa shape index (κ3) is 3.39. The quantitative estimate of drug-likeness (QED) is 0.361. The molecule has 158 valence electrons. The number of allylic oxidation sites excluding steroid dienone is 1. The molecule has 0 N–H and O–H groups in total. The van der Waals surface area contributed by atoms with Crippen LogP contribution in [0.4, 0.5) is 0 Å². The number of hydrogen-bond acceptors (Lipinski definition) is 3. The van der Waals surface area contributed by atoms with E-state index in [4.69, 9.17) is 16.6 Å². The van der Waals surface area contributed by atoms with Gasteiger partial charge in [0.05, 0.1) is 17.6 Å². The molecule has 2 aromatic carbocycles. The highest BCUT2D eigenvalue weighted by Crippen LogP contribution is 2.36. The second-order valence-electron chi connectivity index (χ2n) is 8.19. The molecule has 5 heteroatoms. The Kier molecular flexibility index (Phi) is 5.28. The van der Waals surface area contributed by atoms with Crippen molar-refractivity contribution in [1.82, 2.24) is 14.5 Å². The fourth-order valence-corrected chi connectivity index (χ4v) is 4.89. The van der Waals surface area contributed by atoms with Crippen molar-refractivity contribution in [3.05, 3.63) is 99.0 Å². The molecule has 0 aliphatic heterocycles. The van der Waals surface area contributed by atoms with Crippen LogP contribution in [0.2, 0.25) is 5.02 Å². The Bertz CT molecular complexity index is 1420. The molecule has 0 saturated heterocycles. The predicted octanol–water partition coefficient (Wildman–Crippen LogP) is 6.14. The minimum absolute atomic E-state index is 0.630. The van der Waals surface area contributed by atoms with Gasteiger partial charge in [-0.05, 0) is 53.6 Å². The van der Waals surface area contributed by atoms with Crippen LogP contribution in [0.15, 0.2) is 60.3 Å². The van der Waals surface area contributed by atoms with Crippen LogP contribution >= 0.6 is 11.6 Å². The number of aryl methyl sites for hydroxylation is 3. The van der Waals surface area contributed by atoms with Gasteiger partial charge in [-0.25, -0.2) is 9.97 Å². The largest absolute Gasteiger partial charge is 0.308 e. The van der Waals surface area contributed by atoms with Crippen LogP contribution in [0.5, 0.6) is 0 Å². The van der Waals surface area contributed by atoms with E-state index >= 15 is 0 Å². The average molecular weight is 439 g/mol.